The fourth-order valence-corrected chi connectivity index (χ4v) is 3.84. The lowest BCUT2D eigenvalue weighted by molar-refractivity contribution is 0.196. The van der Waals surface area contributed by atoms with Crippen LogP contribution >= 0.6 is 31.9 Å². The summed E-state index contributed by atoms with van der Waals surface area (Å²) in [6.07, 6.45) is 5.38. The Morgan fingerprint density at radius 3 is 1.42 bits per heavy atom. The third-order valence-electron chi connectivity index (χ3n) is 2.93. The van der Waals surface area contributed by atoms with Gasteiger partial charge < -0.3 is 10.2 Å². The normalized spacial score (nSPS) is 15.4. The van der Waals surface area contributed by atoms with Crippen molar-refractivity contribution >= 4 is 41.7 Å². The number of aliphatic hydroxyl groups is 2. The van der Waals surface area contributed by atoms with Crippen LogP contribution in [0.25, 0.3) is 0 Å². The summed E-state index contributed by atoms with van der Waals surface area (Å²) >= 11 is 6.59. The van der Waals surface area contributed by atoms with Gasteiger partial charge in [0.15, 0.2) is 10.9 Å². The summed E-state index contributed by atoms with van der Waals surface area (Å²) in [5.74, 6) is 0. The SMILES string of the molecule is O=S(=O)(C(O)CCCCCBr)C(O)CCCCCBr. The molecule has 2 unspecified atom stereocenters. The van der Waals surface area contributed by atoms with Crippen molar-refractivity contribution in [3.63, 3.8) is 0 Å². The smallest absolute Gasteiger partial charge is 0.203 e. The summed E-state index contributed by atoms with van der Waals surface area (Å²) in [4.78, 5) is 0. The maximum atomic E-state index is 11.8. The van der Waals surface area contributed by atoms with Gasteiger partial charge in [-0.2, -0.15) is 0 Å². The minimum Gasteiger partial charge on any atom is -0.377 e. The second-order valence-corrected chi connectivity index (χ2v) is 8.43. The fourth-order valence-electron chi connectivity index (χ4n) is 1.69. The summed E-state index contributed by atoms with van der Waals surface area (Å²) in [5, 5.41) is 21.1. The monoisotopic (exact) mass is 422 g/mol. The average molecular weight is 424 g/mol. The Hall–Kier alpha value is 0.830. The average Bonchev–Trinajstić information content (AvgIpc) is 2.39. The first kappa shape index (κ1) is 19.8. The second kappa shape index (κ2) is 11.5. The Morgan fingerprint density at radius 1 is 0.737 bits per heavy atom. The van der Waals surface area contributed by atoms with Crippen molar-refractivity contribution in [1.82, 2.24) is 0 Å². The van der Waals surface area contributed by atoms with Gasteiger partial charge in [-0.15, -0.1) is 0 Å². The molecule has 19 heavy (non-hydrogen) atoms. The highest BCUT2D eigenvalue weighted by molar-refractivity contribution is 9.09. The van der Waals surface area contributed by atoms with E-state index in [-0.39, 0.29) is 12.8 Å². The van der Waals surface area contributed by atoms with E-state index >= 15 is 0 Å². The van der Waals surface area contributed by atoms with Crippen LogP contribution in [-0.4, -0.2) is 40.2 Å². The van der Waals surface area contributed by atoms with Crippen molar-refractivity contribution in [3.05, 3.63) is 0 Å². The van der Waals surface area contributed by atoms with Crippen LogP contribution in [0.1, 0.15) is 51.4 Å². The Balaban J connectivity index is 4.04. The molecular weight excluding hydrogens is 400 g/mol. The molecule has 0 spiro atoms. The largest absolute Gasteiger partial charge is 0.377 e. The minimum atomic E-state index is -3.83. The van der Waals surface area contributed by atoms with Crippen molar-refractivity contribution in [2.45, 2.75) is 62.2 Å². The highest BCUT2D eigenvalue weighted by Gasteiger charge is 2.30. The van der Waals surface area contributed by atoms with E-state index in [1.165, 1.54) is 0 Å². The summed E-state index contributed by atoms with van der Waals surface area (Å²) in [6, 6.07) is 0. The van der Waals surface area contributed by atoms with E-state index in [9.17, 15) is 18.6 Å². The van der Waals surface area contributed by atoms with Crippen molar-refractivity contribution in [2.75, 3.05) is 10.7 Å². The summed E-state index contributed by atoms with van der Waals surface area (Å²) in [7, 11) is -3.83. The van der Waals surface area contributed by atoms with Crippen molar-refractivity contribution in [2.24, 2.45) is 0 Å². The first-order valence-electron chi connectivity index (χ1n) is 6.67. The molecule has 0 aromatic heterocycles. The van der Waals surface area contributed by atoms with Gasteiger partial charge in [0, 0.05) is 10.7 Å². The number of hydrogen-bond donors (Lipinski definition) is 2. The van der Waals surface area contributed by atoms with Gasteiger partial charge in [-0.05, 0) is 38.5 Å². The van der Waals surface area contributed by atoms with Crippen LogP contribution in [-0.2, 0) is 9.84 Å². The number of unbranched alkanes of at least 4 members (excludes halogenated alkanes) is 4. The van der Waals surface area contributed by atoms with E-state index in [1.807, 2.05) is 0 Å². The summed E-state index contributed by atoms with van der Waals surface area (Å²) in [5.41, 5.74) is -2.87. The molecule has 0 bridgehead atoms. The van der Waals surface area contributed by atoms with Gasteiger partial charge in [0.1, 0.15) is 0 Å². The number of rotatable bonds is 12. The van der Waals surface area contributed by atoms with E-state index in [0.29, 0.717) is 12.8 Å². The number of hydrogen-bond acceptors (Lipinski definition) is 4. The third kappa shape index (κ3) is 8.65. The molecule has 0 fully saturated rings. The van der Waals surface area contributed by atoms with E-state index in [1.54, 1.807) is 0 Å². The first-order valence-corrected chi connectivity index (χ1v) is 10.5. The van der Waals surface area contributed by atoms with Crippen LogP contribution < -0.4 is 0 Å². The number of aliphatic hydroxyl groups excluding tert-OH is 2. The fraction of sp³-hybridized carbons (Fsp3) is 1.00. The Bertz CT molecular complexity index is 285. The van der Waals surface area contributed by atoms with Crippen molar-refractivity contribution in [3.8, 4) is 0 Å². The molecule has 0 aromatic carbocycles. The number of sulfone groups is 1. The molecule has 0 radical (unpaired) electrons. The Morgan fingerprint density at radius 2 is 1.11 bits per heavy atom. The van der Waals surface area contributed by atoms with Crippen LogP contribution in [0.3, 0.4) is 0 Å². The Labute approximate surface area is 133 Å². The van der Waals surface area contributed by atoms with Gasteiger partial charge in [0.05, 0.1) is 0 Å². The molecule has 0 saturated carbocycles. The molecule has 0 aliphatic rings. The summed E-state index contributed by atoms with van der Waals surface area (Å²) in [6.45, 7) is 0. The molecule has 116 valence electrons. The van der Waals surface area contributed by atoms with Crippen LogP contribution in [0.4, 0.5) is 0 Å². The summed E-state index contributed by atoms with van der Waals surface area (Å²) < 4.78 is 23.7. The highest BCUT2D eigenvalue weighted by atomic mass is 79.9. The lowest BCUT2D eigenvalue weighted by Gasteiger charge is -2.17. The topological polar surface area (TPSA) is 74.6 Å². The maximum Gasteiger partial charge on any atom is 0.203 e. The van der Waals surface area contributed by atoms with Gasteiger partial charge >= 0.3 is 0 Å². The maximum absolute atomic E-state index is 11.8. The standard InChI is InChI=1S/C12H24Br2O4S/c13-9-5-1-3-7-11(15)19(17,18)12(16)8-4-2-6-10-14/h11-12,15-16H,1-10H2. The van der Waals surface area contributed by atoms with Gasteiger partial charge in [-0.1, -0.05) is 44.7 Å². The lowest BCUT2D eigenvalue weighted by atomic mass is 10.2. The predicted octanol–water partition coefficient (Wildman–Crippen LogP) is 2.95. The van der Waals surface area contributed by atoms with Gasteiger partial charge in [-0.3, -0.25) is 0 Å². The Kier molecular flexibility index (Phi) is 12.0. The molecule has 0 amide bonds. The highest BCUT2D eigenvalue weighted by Crippen LogP contribution is 2.17. The van der Waals surface area contributed by atoms with Gasteiger partial charge in [-0.25, -0.2) is 8.42 Å². The van der Waals surface area contributed by atoms with Crippen LogP contribution in [0.2, 0.25) is 0 Å². The van der Waals surface area contributed by atoms with Gasteiger partial charge in [0.25, 0.3) is 0 Å². The van der Waals surface area contributed by atoms with Crippen molar-refractivity contribution in [1.29, 1.82) is 0 Å². The third-order valence-corrected chi connectivity index (χ3v) is 6.04. The molecule has 0 aromatic rings. The zero-order chi connectivity index (χ0) is 14.7. The molecule has 0 aliphatic heterocycles. The quantitative estimate of drug-likeness (QED) is 0.373. The second-order valence-electron chi connectivity index (χ2n) is 4.57. The van der Waals surface area contributed by atoms with E-state index in [0.717, 1.165) is 36.3 Å². The molecule has 0 aliphatic carbocycles. The molecule has 0 heterocycles. The number of halogens is 2. The molecule has 0 rings (SSSR count). The van der Waals surface area contributed by atoms with Crippen molar-refractivity contribution < 1.29 is 18.6 Å². The molecular formula is C12H24Br2O4S. The molecule has 2 atom stereocenters. The predicted molar refractivity (Wildman–Crippen MR) is 85.5 cm³/mol. The van der Waals surface area contributed by atoms with E-state index < -0.39 is 20.7 Å². The zero-order valence-electron chi connectivity index (χ0n) is 11.1. The zero-order valence-corrected chi connectivity index (χ0v) is 15.1. The van der Waals surface area contributed by atoms with Crippen LogP contribution in [0, 0.1) is 0 Å². The van der Waals surface area contributed by atoms with Gasteiger partial charge in [0.2, 0.25) is 9.84 Å². The van der Waals surface area contributed by atoms with E-state index in [4.69, 9.17) is 0 Å². The van der Waals surface area contributed by atoms with Crippen LogP contribution in [0.5, 0.6) is 0 Å². The first-order chi connectivity index (χ1) is 8.96. The molecule has 2 N–H and O–H groups in total. The van der Waals surface area contributed by atoms with E-state index in [2.05, 4.69) is 31.9 Å². The van der Waals surface area contributed by atoms with Crippen LogP contribution in [0.15, 0.2) is 0 Å². The molecule has 7 heteroatoms. The lowest BCUT2D eigenvalue weighted by Crippen LogP contribution is -2.32. The number of alkyl halides is 2. The molecule has 4 nitrogen and oxygen atoms in total. The molecule has 0 saturated heterocycles. The minimum absolute atomic E-state index is 0.202.